The Hall–Kier alpha value is -0.940. The van der Waals surface area contributed by atoms with Gasteiger partial charge in [-0.1, -0.05) is 5.21 Å². The summed E-state index contributed by atoms with van der Waals surface area (Å²) in [6, 6.07) is -0.113. The van der Waals surface area contributed by atoms with Crippen molar-refractivity contribution in [3.8, 4) is 0 Å². The largest absolute Gasteiger partial charge is 0.376 e. The van der Waals surface area contributed by atoms with Crippen LogP contribution in [0.15, 0.2) is 6.20 Å². The minimum Gasteiger partial charge on any atom is -0.376 e. The molecule has 2 rings (SSSR count). The standard InChI is InChI=1S/C10H18N4O/c1-3-15-10(7-4-5-7)9(11)8-6-12-13-14(8)2/h6-7,9-10H,3-5,11H2,1-2H3. The molecule has 0 bridgehead atoms. The molecule has 0 radical (unpaired) electrons. The van der Waals surface area contributed by atoms with Gasteiger partial charge in [-0.3, -0.25) is 4.68 Å². The molecule has 1 aromatic heterocycles. The quantitative estimate of drug-likeness (QED) is 0.774. The number of aromatic nitrogens is 3. The molecule has 0 aromatic carbocycles. The molecule has 5 heteroatoms. The van der Waals surface area contributed by atoms with Crippen LogP contribution >= 0.6 is 0 Å². The van der Waals surface area contributed by atoms with E-state index in [1.807, 2.05) is 14.0 Å². The first kappa shape index (κ1) is 10.6. The second kappa shape index (κ2) is 4.28. The van der Waals surface area contributed by atoms with Crippen LogP contribution in [0.4, 0.5) is 0 Å². The highest BCUT2D eigenvalue weighted by atomic mass is 16.5. The number of hydrogen-bond acceptors (Lipinski definition) is 4. The second-order valence-corrected chi connectivity index (χ2v) is 4.07. The van der Waals surface area contributed by atoms with E-state index in [2.05, 4.69) is 10.3 Å². The third-order valence-electron chi connectivity index (χ3n) is 2.89. The van der Waals surface area contributed by atoms with Crippen LogP contribution < -0.4 is 5.73 Å². The van der Waals surface area contributed by atoms with Gasteiger partial charge in [-0.25, -0.2) is 0 Å². The molecule has 0 aliphatic heterocycles. The van der Waals surface area contributed by atoms with E-state index in [9.17, 15) is 0 Å². The summed E-state index contributed by atoms with van der Waals surface area (Å²) in [5, 5.41) is 7.73. The molecule has 1 saturated carbocycles. The van der Waals surface area contributed by atoms with Crippen molar-refractivity contribution in [1.29, 1.82) is 0 Å². The third kappa shape index (κ3) is 2.18. The van der Waals surface area contributed by atoms with Crippen LogP contribution in [0.3, 0.4) is 0 Å². The molecule has 2 unspecified atom stereocenters. The Morgan fingerprint density at radius 1 is 1.67 bits per heavy atom. The summed E-state index contributed by atoms with van der Waals surface area (Å²) < 4.78 is 7.43. The van der Waals surface area contributed by atoms with Crippen LogP contribution in [-0.2, 0) is 11.8 Å². The van der Waals surface area contributed by atoms with E-state index in [4.69, 9.17) is 10.5 Å². The molecular weight excluding hydrogens is 192 g/mol. The van der Waals surface area contributed by atoms with E-state index in [0.29, 0.717) is 12.5 Å². The van der Waals surface area contributed by atoms with Crippen molar-refractivity contribution in [2.75, 3.05) is 6.61 Å². The highest BCUT2D eigenvalue weighted by molar-refractivity contribution is 5.06. The number of nitrogens with zero attached hydrogens (tertiary/aromatic N) is 3. The molecule has 5 nitrogen and oxygen atoms in total. The van der Waals surface area contributed by atoms with E-state index < -0.39 is 0 Å². The molecule has 1 aliphatic carbocycles. The van der Waals surface area contributed by atoms with E-state index in [-0.39, 0.29) is 12.1 Å². The van der Waals surface area contributed by atoms with Gasteiger partial charge in [-0.05, 0) is 25.7 Å². The minimum atomic E-state index is -0.113. The van der Waals surface area contributed by atoms with E-state index in [0.717, 1.165) is 5.69 Å². The van der Waals surface area contributed by atoms with Gasteiger partial charge in [-0.2, -0.15) is 0 Å². The first-order chi connectivity index (χ1) is 7.24. The Labute approximate surface area is 89.6 Å². The van der Waals surface area contributed by atoms with E-state index in [1.165, 1.54) is 12.8 Å². The Bertz CT molecular complexity index is 321. The molecular formula is C10H18N4O. The smallest absolute Gasteiger partial charge is 0.0811 e. The number of ether oxygens (including phenoxy) is 1. The maximum Gasteiger partial charge on any atom is 0.0811 e. The molecule has 84 valence electrons. The number of hydrogen-bond donors (Lipinski definition) is 1. The molecule has 0 amide bonds. The van der Waals surface area contributed by atoms with Crippen molar-refractivity contribution in [3.63, 3.8) is 0 Å². The molecule has 1 heterocycles. The summed E-state index contributed by atoms with van der Waals surface area (Å²) in [6.07, 6.45) is 4.29. The fourth-order valence-electron chi connectivity index (χ4n) is 1.92. The van der Waals surface area contributed by atoms with Crippen LogP contribution in [0.5, 0.6) is 0 Å². The van der Waals surface area contributed by atoms with Crippen LogP contribution in [0.25, 0.3) is 0 Å². The van der Waals surface area contributed by atoms with Crippen molar-refractivity contribution in [2.24, 2.45) is 18.7 Å². The Morgan fingerprint density at radius 2 is 2.40 bits per heavy atom. The van der Waals surface area contributed by atoms with Crippen LogP contribution in [-0.4, -0.2) is 27.7 Å². The van der Waals surface area contributed by atoms with Gasteiger partial charge < -0.3 is 10.5 Å². The second-order valence-electron chi connectivity index (χ2n) is 4.07. The summed E-state index contributed by atoms with van der Waals surface area (Å²) in [7, 11) is 1.86. The molecule has 2 N–H and O–H groups in total. The van der Waals surface area contributed by atoms with Crippen molar-refractivity contribution in [1.82, 2.24) is 15.0 Å². The van der Waals surface area contributed by atoms with Crippen molar-refractivity contribution < 1.29 is 4.74 Å². The average molecular weight is 210 g/mol. The van der Waals surface area contributed by atoms with E-state index >= 15 is 0 Å². The molecule has 1 aliphatic rings. The predicted molar refractivity (Wildman–Crippen MR) is 56.1 cm³/mol. The van der Waals surface area contributed by atoms with Gasteiger partial charge >= 0.3 is 0 Å². The molecule has 1 aromatic rings. The molecule has 1 fully saturated rings. The van der Waals surface area contributed by atoms with Gasteiger partial charge in [0, 0.05) is 13.7 Å². The zero-order valence-electron chi connectivity index (χ0n) is 9.26. The van der Waals surface area contributed by atoms with Crippen LogP contribution in [0.2, 0.25) is 0 Å². The number of nitrogens with two attached hydrogens (primary N) is 1. The Morgan fingerprint density at radius 3 is 2.87 bits per heavy atom. The molecule has 0 spiro atoms. The van der Waals surface area contributed by atoms with Gasteiger partial charge in [0.1, 0.15) is 0 Å². The third-order valence-corrected chi connectivity index (χ3v) is 2.89. The zero-order valence-corrected chi connectivity index (χ0v) is 9.26. The minimum absolute atomic E-state index is 0.113. The zero-order chi connectivity index (χ0) is 10.8. The fraction of sp³-hybridized carbons (Fsp3) is 0.800. The molecule has 2 atom stereocenters. The van der Waals surface area contributed by atoms with Crippen LogP contribution in [0.1, 0.15) is 31.5 Å². The topological polar surface area (TPSA) is 66.0 Å². The van der Waals surface area contributed by atoms with Gasteiger partial charge in [0.2, 0.25) is 0 Å². The van der Waals surface area contributed by atoms with Gasteiger partial charge in [0.05, 0.1) is 24.0 Å². The number of aryl methyl sites for hydroxylation is 1. The molecule has 15 heavy (non-hydrogen) atoms. The van der Waals surface area contributed by atoms with Crippen molar-refractivity contribution in [3.05, 3.63) is 11.9 Å². The average Bonchev–Trinajstić information content (AvgIpc) is 2.97. The highest BCUT2D eigenvalue weighted by Gasteiger charge is 2.37. The van der Waals surface area contributed by atoms with Gasteiger partial charge in [0.25, 0.3) is 0 Å². The highest BCUT2D eigenvalue weighted by Crippen LogP contribution is 2.38. The first-order valence-corrected chi connectivity index (χ1v) is 5.45. The lowest BCUT2D eigenvalue weighted by Gasteiger charge is -2.23. The van der Waals surface area contributed by atoms with E-state index in [1.54, 1.807) is 10.9 Å². The Balaban J connectivity index is 2.10. The lowest BCUT2D eigenvalue weighted by atomic mass is 10.0. The lowest BCUT2D eigenvalue weighted by molar-refractivity contribution is 0.0265. The van der Waals surface area contributed by atoms with Crippen molar-refractivity contribution in [2.45, 2.75) is 31.9 Å². The van der Waals surface area contributed by atoms with Crippen molar-refractivity contribution >= 4 is 0 Å². The fourth-order valence-corrected chi connectivity index (χ4v) is 1.92. The van der Waals surface area contributed by atoms with Gasteiger partial charge in [0.15, 0.2) is 0 Å². The lowest BCUT2D eigenvalue weighted by Crippen LogP contribution is -2.32. The summed E-state index contributed by atoms with van der Waals surface area (Å²) >= 11 is 0. The monoisotopic (exact) mass is 210 g/mol. The SMILES string of the molecule is CCOC(C1CC1)C(N)c1cnnn1C. The summed E-state index contributed by atoms with van der Waals surface area (Å²) in [5.41, 5.74) is 7.13. The maximum atomic E-state index is 6.19. The summed E-state index contributed by atoms with van der Waals surface area (Å²) in [4.78, 5) is 0. The molecule has 0 saturated heterocycles. The predicted octanol–water partition coefficient (Wildman–Crippen LogP) is 0.630. The maximum absolute atomic E-state index is 6.19. The van der Waals surface area contributed by atoms with Crippen LogP contribution in [0, 0.1) is 5.92 Å². The summed E-state index contributed by atoms with van der Waals surface area (Å²) in [6.45, 7) is 2.71. The van der Waals surface area contributed by atoms with Gasteiger partial charge in [-0.15, -0.1) is 5.10 Å². The summed E-state index contributed by atoms with van der Waals surface area (Å²) in [5.74, 6) is 0.620. The number of rotatable bonds is 5. The Kier molecular flexibility index (Phi) is 3.02. The normalized spacial score (nSPS) is 20.2. The first-order valence-electron chi connectivity index (χ1n) is 5.45.